The average molecular weight is 399 g/mol. The van der Waals surface area contributed by atoms with Crippen LogP contribution in [0.5, 0.6) is 0 Å². The quantitative estimate of drug-likeness (QED) is 0.563. The normalized spacial score (nSPS) is 27.0. The number of benzene rings is 2. The summed E-state index contributed by atoms with van der Waals surface area (Å²) in [7, 11) is 0. The van der Waals surface area contributed by atoms with E-state index in [2.05, 4.69) is 55.5 Å². The lowest BCUT2D eigenvalue weighted by molar-refractivity contribution is 0.0772. The maximum atomic E-state index is 13.7. The second-order valence-corrected chi connectivity index (χ2v) is 9.25. The third-order valence-corrected chi connectivity index (χ3v) is 7.64. The number of carbonyl (C=O) groups is 1. The van der Waals surface area contributed by atoms with E-state index in [0.29, 0.717) is 17.0 Å². The van der Waals surface area contributed by atoms with Crippen molar-refractivity contribution in [2.45, 2.75) is 39.0 Å². The van der Waals surface area contributed by atoms with Crippen molar-refractivity contribution in [1.82, 2.24) is 4.57 Å². The van der Waals surface area contributed by atoms with E-state index in [1.54, 1.807) is 0 Å². The van der Waals surface area contributed by atoms with Crippen molar-refractivity contribution < 1.29 is 9.21 Å². The van der Waals surface area contributed by atoms with Gasteiger partial charge in [-0.2, -0.15) is 0 Å². The smallest absolute Gasteiger partial charge is 0.407 e. The van der Waals surface area contributed by atoms with Gasteiger partial charge in [-0.05, 0) is 72.1 Å². The first kappa shape index (κ1) is 17.9. The van der Waals surface area contributed by atoms with Crippen LogP contribution < -0.4 is 5.76 Å². The number of hydrogen-bond acceptors (Lipinski definition) is 3. The van der Waals surface area contributed by atoms with Crippen LogP contribution in [0.25, 0.3) is 11.1 Å². The molecule has 0 aliphatic heterocycles. The minimum atomic E-state index is -0.531. The molecule has 0 amide bonds. The van der Waals surface area contributed by atoms with Gasteiger partial charge in [0.05, 0.1) is 0 Å². The summed E-state index contributed by atoms with van der Waals surface area (Å²) < 4.78 is 7.13. The van der Waals surface area contributed by atoms with Crippen LogP contribution in [-0.2, 0) is 25.7 Å². The van der Waals surface area contributed by atoms with E-state index in [4.69, 9.17) is 4.42 Å². The van der Waals surface area contributed by atoms with E-state index < -0.39 is 5.76 Å². The lowest BCUT2D eigenvalue weighted by Crippen LogP contribution is -2.35. The van der Waals surface area contributed by atoms with E-state index in [-0.39, 0.29) is 23.7 Å². The SMILES string of the molecule is C[C@H]1[C@H](C(=O)n2c(=O)oc3c4ccc(c32)CCc2ccc(cc2)CC4)[C@@H]2C=C[C@H]1C2. The van der Waals surface area contributed by atoms with Crippen LogP contribution in [0.3, 0.4) is 0 Å². The lowest BCUT2D eigenvalue weighted by Gasteiger charge is -2.23. The van der Waals surface area contributed by atoms with Gasteiger partial charge in [-0.25, -0.2) is 9.36 Å². The van der Waals surface area contributed by atoms with Crippen molar-refractivity contribution in [1.29, 1.82) is 0 Å². The van der Waals surface area contributed by atoms with Gasteiger partial charge in [-0.15, -0.1) is 0 Å². The van der Waals surface area contributed by atoms with Crippen molar-refractivity contribution >= 4 is 17.0 Å². The van der Waals surface area contributed by atoms with E-state index >= 15 is 0 Å². The van der Waals surface area contributed by atoms with Gasteiger partial charge in [0.1, 0.15) is 5.52 Å². The number of carbonyl (C=O) groups excluding carboxylic acids is 1. The maximum absolute atomic E-state index is 13.7. The molecule has 152 valence electrons. The molecule has 0 unspecified atom stereocenters. The van der Waals surface area contributed by atoms with Crippen LogP contribution in [0.2, 0.25) is 0 Å². The molecule has 1 heterocycles. The van der Waals surface area contributed by atoms with Crippen molar-refractivity contribution in [3.63, 3.8) is 0 Å². The summed E-state index contributed by atoms with van der Waals surface area (Å²) in [5.74, 6) is 0.201. The fraction of sp³-hybridized carbons (Fsp3) is 0.385. The Kier molecular flexibility index (Phi) is 3.92. The zero-order chi connectivity index (χ0) is 20.4. The number of oxazole rings is 1. The van der Waals surface area contributed by atoms with Crippen LogP contribution in [0.4, 0.5) is 0 Å². The fourth-order valence-electron chi connectivity index (χ4n) is 5.89. The molecular weight excluding hydrogens is 374 g/mol. The Balaban J connectivity index is 1.50. The van der Waals surface area contributed by atoms with Crippen LogP contribution in [0.15, 0.2) is 57.8 Å². The highest BCUT2D eigenvalue weighted by atomic mass is 16.4. The van der Waals surface area contributed by atoms with Crippen molar-refractivity contribution in [3.05, 3.63) is 81.4 Å². The van der Waals surface area contributed by atoms with Crippen molar-refractivity contribution in [3.8, 4) is 0 Å². The van der Waals surface area contributed by atoms with E-state index in [9.17, 15) is 9.59 Å². The first-order chi connectivity index (χ1) is 14.6. The molecule has 6 aliphatic rings. The second-order valence-electron chi connectivity index (χ2n) is 9.25. The zero-order valence-corrected chi connectivity index (χ0v) is 17.1. The molecule has 0 radical (unpaired) electrons. The Bertz CT molecular complexity index is 1240. The highest BCUT2D eigenvalue weighted by molar-refractivity contribution is 5.94. The summed E-state index contributed by atoms with van der Waals surface area (Å²) >= 11 is 0. The number of hydrogen-bond donors (Lipinski definition) is 0. The van der Waals surface area contributed by atoms with Crippen LogP contribution >= 0.6 is 0 Å². The third-order valence-electron chi connectivity index (χ3n) is 7.64. The molecule has 2 aromatic carbocycles. The summed E-state index contributed by atoms with van der Waals surface area (Å²) in [6.07, 6.45) is 8.74. The second kappa shape index (κ2) is 6.56. The predicted molar refractivity (Wildman–Crippen MR) is 116 cm³/mol. The molecule has 9 rings (SSSR count). The number of fused-ring (bicyclic) bond motifs is 2. The first-order valence-electron chi connectivity index (χ1n) is 11.1. The Hall–Kier alpha value is -2.88. The molecule has 6 aliphatic carbocycles. The molecule has 4 atom stereocenters. The van der Waals surface area contributed by atoms with Gasteiger partial charge >= 0.3 is 5.76 Å². The van der Waals surface area contributed by atoms with Gasteiger partial charge in [-0.3, -0.25) is 4.79 Å². The Morgan fingerprint density at radius 3 is 2.20 bits per heavy atom. The van der Waals surface area contributed by atoms with Gasteiger partial charge in [-0.1, -0.05) is 55.5 Å². The van der Waals surface area contributed by atoms with E-state index in [1.807, 2.05) is 0 Å². The molecule has 0 N–H and O–H groups in total. The highest BCUT2D eigenvalue weighted by Crippen LogP contribution is 2.48. The van der Waals surface area contributed by atoms with Crippen LogP contribution in [0, 0.1) is 23.7 Å². The molecule has 1 saturated carbocycles. The van der Waals surface area contributed by atoms with Gasteiger partial charge in [0.15, 0.2) is 5.58 Å². The predicted octanol–water partition coefficient (Wildman–Crippen LogP) is 4.58. The maximum Gasteiger partial charge on any atom is 0.426 e. The number of nitrogens with zero attached hydrogens (tertiary/aromatic N) is 1. The zero-order valence-electron chi connectivity index (χ0n) is 17.1. The average Bonchev–Trinajstić information content (AvgIpc) is 3.42. The van der Waals surface area contributed by atoms with E-state index in [1.165, 1.54) is 15.7 Å². The molecule has 30 heavy (non-hydrogen) atoms. The highest BCUT2D eigenvalue weighted by Gasteiger charge is 2.47. The van der Waals surface area contributed by atoms with Crippen molar-refractivity contribution in [2.24, 2.45) is 23.7 Å². The van der Waals surface area contributed by atoms with Gasteiger partial charge in [0, 0.05) is 5.92 Å². The Labute approximate surface area is 175 Å². The summed E-state index contributed by atoms with van der Waals surface area (Å²) in [6.45, 7) is 2.14. The fourth-order valence-corrected chi connectivity index (χ4v) is 5.89. The molecule has 0 spiro atoms. The molecule has 6 bridgehead atoms. The molecule has 3 aromatic rings. The number of allylic oxidation sites excluding steroid dienone is 2. The van der Waals surface area contributed by atoms with Gasteiger partial charge < -0.3 is 4.42 Å². The molecule has 1 aromatic heterocycles. The third kappa shape index (κ3) is 2.59. The lowest BCUT2D eigenvalue weighted by atomic mass is 9.83. The minimum Gasteiger partial charge on any atom is -0.407 e. The standard InChI is InChI=1S/C26H25NO3/c1-15-20-12-13-21(14-20)22(15)25(28)27-23-18-8-6-16-2-4-17(5-3-16)7-9-19(11-10-18)24(23)30-26(27)29/h2-5,10-13,15,20-22H,6-9,14H2,1H3/t15-,20+,21-,22+/m1/s1. The molecule has 4 heteroatoms. The van der Waals surface area contributed by atoms with Gasteiger partial charge in [0.25, 0.3) is 0 Å². The van der Waals surface area contributed by atoms with Gasteiger partial charge in [0.2, 0.25) is 5.91 Å². The Morgan fingerprint density at radius 1 is 0.900 bits per heavy atom. The summed E-state index contributed by atoms with van der Waals surface area (Å²) in [5, 5.41) is 0. The van der Waals surface area contributed by atoms with Crippen LogP contribution in [-0.4, -0.2) is 10.5 Å². The summed E-state index contributed by atoms with van der Waals surface area (Å²) in [4.78, 5) is 26.6. The number of aromatic nitrogens is 1. The Morgan fingerprint density at radius 2 is 1.53 bits per heavy atom. The monoisotopic (exact) mass is 399 g/mol. The molecular formula is C26H25NO3. The minimum absolute atomic E-state index is 0.0862. The molecule has 4 nitrogen and oxygen atoms in total. The van der Waals surface area contributed by atoms with Crippen LogP contribution in [0.1, 0.15) is 40.4 Å². The largest absolute Gasteiger partial charge is 0.426 e. The number of aryl methyl sites for hydroxylation is 4. The summed E-state index contributed by atoms with van der Waals surface area (Å²) in [6, 6.07) is 12.9. The molecule has 1 fully saturated rings. The van der Waals surface area contributed by atoms with Crippen molar-refractivity contribution in [2.75, 3.05) is 0 Å². The number of rotatable bonds is 1. The topological polar surface area (TPSA) is 52.2 Å². The summed E-state index contributed by atoms with van der Waals surface area (Å²) in [5.41, 5.74) is 5.87. The molecule has 0 saturated heterocycles. The van der Waals surface area contributed by atoms with E-state index in [0.717, 1.165) is 43.2 Å². The first-order valence-corrected chi connectivity index (χ1v) is 11.1.